The third-order valence-corrected chi connectivity index (χ3v) is 4.01. The van der Waals surface area contributed by atoms with Crippen molar-refractivity contribution < 1.29 is 8.42 Å². The van der Waals surface area contributed by atoms with Crippen LogP contribution in [0.1, 0.15) is 34.1 Å². The van der Waals surface area contributed by atoms with Crippen LogP contribution in [0.3, 0.4) is 0 Å². The Balaban J connectivity index is 4.46. The predicted molar refractivity (Wildman–Crippen MR) is 57.8 cm³/mol. The molecule has 0 radical (unpaired) electrons. The smallest absolute Gasteiger partial charge is 0.216 e. The molecule has 0 aromatic carbocycles. The molecule has 1 unspecified atom stereocenters. The zero-order chi connectivity index (χ0) is 11.6. The minimum absolute atomic E-state index is 0.0193. The van der Waals surface area contributed by atoms with Crippen LogP contribution in [0.2, 0.25) is 0 Å². The average molecular weight is 221 g/mol. The molecule has 0 heterocycles. The average Bonchev–Trinajstić information content (AvgIpc) is 1.79. The molecule has 1 atom stereocenters. The molecular formula is C8H19N3O2S. The molecule has 0 spiro atoms. The van der Waals surface area contributed by atoms with Gasteiger partial charge in [0.05, 0.1) is 10.6 Å². The molecule has 14 heavy (non-hydrogen) atoms. The second kappa shape index (κ2) is 4.27. The number of rotatable bonds is 4. The fourth-order valence-electron chi connectivity index (χ4n) is 0.813. The van der Waals surface area contributed by atoms with E-state index < -0.39 is 14.8 Å². The Bertz CT molecular complexity index is 303. The minimum Gasteiger partial charge on any atom is -0.388 e. The van der Waals surface area contributed by atoms with Gasteiger partial charge >= 0.3 is 0 Å². The van der Waals surface area contributed by atoms with Crippen molar-refractivity contribution >= 4 is 15.9 Å². The quantitative estimate of drug-likeness (QED) is 0.474. The Labute approximate surface area is 85.6 Å². The van der Waals surface area contributed by atoms with Gasteiger partial charge in [0, 0.05) is 12.5 Å². The molecule has 0 aromatic heterocycles. The summed E-state index contributed by atoms with van der Waals surface area (Å²) in [6, 6.07) is -0.336. The van der Waals surface area contributed by atoms with Crippen LogP contribution in [-0.4, -0.2) is 25.0 Å². The lowest BCUT2D eigenvalue weighted by atomic mass is 10.2. The van der Waals surface area contributed by atoms with Gasteiger partial charge in [-0.1, -0.05) is 0 Å². The Kier molecular flexibility index (Phi) is 4.08. The molecule has 0 saturated carbocycles. The van der Waals surface area contributed by atoms with Gasteiger partial charge in [-0.3, -0.25) is 5.41 Å². The first-order valence-corrected chi connectivity index (χ1v) is 5.89. The molecule has 0 fully saturated rings. The molecule has 0 saturated heterocycles. The van der Waals surface area contributed by atoms with Crippen LogP contribution in [0.25, 0.3) is 0 Å². The molecular weight excluding hydrogens is 202 g/mol. The first-order chi connectivity index (χ1) is 6.06. The number of nitrogens with two attached hydrogens (primary N) is 1. The first kappa shape index (κ1) is 13.4. The first-order valence-electron chi connectivity index (χ1n) is 4.41. The van der Waals surface area contributed by atoms with E-state index in [9.17, 15) is 8.42 Å². The summed E-state index contributed by atoms with van der Waals surface area (Å²) in [4.78, 5) is 0. The summed E-state index contributed by atoms with van der Waals surface area (Å²) in [6.45, 7) is 6.55. The SMILES string of the molecule is CC(CC(=N)N)NS(=O)(=O)C(C)(C)C. The van der Waals surface area contributed by atoms with Gasteiger partial charge in [-0.15, -0.1) is 0 Å². The summed E-state index contributed by atoms with van der Waals surface area (Å²) < 4.78 is 24.9. The lowest BCUT2D eigenvalue weighted by Crippen LogP contribution is -2.44. The Morgan fingerprint density at radius 2 is 1.93 bits per heavy atom. The van der Waals surface area contributed by atoms with Gasteiger partial charge in [0.15, 0.2) is 0 Å². The number of hydrogen-bond acceptors (Lipinski definition) is 3. The van der Waals surface area contributed by atoms with Crippen LogP contribution in [0.15, 0.2) is 0 Å². The number of sulfonamides is 1. The third-order valence-electron chi connectivity index (χ3n) is 1.69. The van der Waals surface area contributed by atoms with Gasteiger partial charge in [-0.25, -0.2) is 13.1 Å². The standard InChI is InChI=1S/C8H19N3O2S/c1-6(5-7(9)10)11-14(12,13)8(2,3)4/h6,11H,5H2,1-4H3,(H3,9,10). The highest BCUT2D eigenvalue weighted by Crippen LogP contribution is 2.14. The van der Waals surface area contributed by atoms with Crippen molar-refractivity contribution in [2.24, 2.45) is 5.73 Å². The van der Waals surface area contributed by atoms with Crippen LogP contribution < -0.4 is 10.5 Å². The van der Waals surface area contributed by atoms with Crippen molar-refractivity contribution in [3.63, 3.8) is 0 Å². The van der Waals surface area contributed by atoms with E-state index in [1.54, 1.807) is 27.7 Å². The van der Waals surface area contributed by atoms with E-state index in [0.717, 1.165) is 0 Å². The van der Waals surface area contributed by atoms with Crippen LogP contribution in [-0.2, 0) is 10.0 Å². The Hall–Kier alpha value is -0.620. The number of amidine groups is 1. The van der Waals surface area contributed by atoms with E-state index >= 15 is 0 Å². The van der Waals surface area contributed by atoms with E-state index in [0.29, 0.717) is 0 Å². The molecule has 0 amide bonds. The second-order valence-corrected chi connectivity index (χ2v) is 6.83. The fourth-order valence-corrected chi connectivity index (χ4v) is 1.78. The number of hydrogen-bond donors (Lipinski definition) is 3. The van der Waals surface area contributed by atoms with Crippen LogP contribution >= 0.6 is 0 Å². The largest absolute Gasteiger partial charge is 0.388 e. The summed E-state index contributed by atoms with van der Waals surface area (Å²) in [5.41, 5.74) is 5.17. The predicted octanol–water partition coefficient (Wildman–Crippen LogP) is 0.419. The van der Waals surface area contributed by atoms with Crippen LogP contribution in [0.5, 0.6) is 0 Å². The summed E-state index contributed by atoms with van der Waals surface area (Å²) in [5, 5.41) is 7.03. The zero-order valence-electron chi connectivity index (χ0n) is 9.09. The van der Waals surface area contributed by atoms with Gasteiger partial charge in [0.25, 0.3) is 0 Å². The van der Waals surface area contributed by atoms with E-state index in [2.05, 4.69) is 4.72 Å². The van der Waals surface area contributed by atoms with Crippen molar-refractivity contribution in [2.75, 3.05) is 0 Å². The second-order valence-electron chi connectivity index (χ2n) is 4.36. The monoisotopic (exact) mass is 221 g/mol. The maximum Gasteiger partial charge on any atom is 0.216 e. The molecule has 0 rings (SSSR count). The highest BCUT2D eigenvalue weighted by atomic mass is 32.2. The van der Waals surface area contributed by atoms with Crippen molar-refractivity contribution in [2.45, 2.75) is 44.9 Å². The molecule has 0 bridgehead atoms. The van der Waals surface area contributed by atoms with Gasteiger partial charge < -0.3 is 5.73 Å². The molecule has 4 N–H and O–H groups in total. The third kappa shape index (κ3) is 4.06. The Morgan fingerprint density at radius 1 is 1.50 bits per heavy atom. The lowest BCUT2D eigenvalue weighted by Gasteiger charge is -2.22. The lowest BCUT2D eigenvalue weighted by molar-refractivity contribution is 0.530. The van der Waals surface area contributed by atoms with Gasteiger partial charge in [0.1, 0.15) is 0 Å². The summed E-state index contributed by atoms with van der Waals surface area (Å²) in [7, 11) is -3.34. The summed E-state index contributed by atoms with van der Waals surface area (Å²) in [5.74, 6) is -0.0193. The van der Waals surface area contributed by atoms with Crippen molar-refractivity contribution in [1.82, 2.24) is 4.72 Å². The Morgan fingerprint density at radius 3 is 2.21 bits per heavy atom. The van der Waals surface area contributed by atoms with Crippen molar-refractivity contribution in [3.8, 4) is 0 Å². The highest BCUT2D eigenvalue weighted by molar-refractivity contribution is 7.90. The molecule has 0 aliphatic carbocycles. The summed E-state index contributed by atoms with van der Waals surface area (Å²) >= 11 is 0. The normalized spacial score (nSPS) is 15.1. The molecule has 6 heteroatoms. The molecule has 0 aromatic rings. The zero-order valence-corrected chi connectivity index (χ0v) is 9.90. The number of nitrogens with one attached hydrogen (secondary N) is 2. The topological polar surface area (TPSA) is 96.0 Å². The van der Waals surface area contributed by atoms with Crippen LogP contribution in [0.4, 0.5) is 0 Å². The van der Waals surface area contributed by atoms with E-state index in [-0.39, 0.29) is 18.3 Å². The maximum absolute atomic E-state index is 11.6. The fraction of sp³-hybridized carbons (Fsp3) is 0.875. The minimum atomic E-state index is -3.34. The molecule has 0 aliphatic heterocycles. The molecule has 0 aliphatic rings. The maximum atomic E-state index is 11.6. The highest BCUT2D eigenvalue weighted by Gasteiger charge is 2.30. The van der Waals surface area contributed by atoms with Crippen molar-refractivity contribution in [3.05, 3.63) is 0 Å². The van der Waals surface area contributed by atoms with E-state index in [1.807, 2.05) is 0 Å². The van der Waals surface area contributed by atoms with Crippen LogP contribution in [0, 0.1) is 5.41 Å². The van der Waals surface area contributed by atoms with E-state index in [4.69, 9.17) is 11.1 Å². The van der Waals surface area contributed by atoms with Gasteiger partial charge in [0.2, 0.25) is 10.0 Å². The molecule has 5 nitrogen and oxygen atoms in total. The van der Waals surface area contributed by atoms with Gasteiger partial charge in [-0.05, 0) is 27.7 Å². The molecule has 84 valence electrons. The van der Waals surface area contributed by atoms with Gasteiger partial charge in [-0.2, -0.15) is 0 Å². The van der Waals surface area contributed by atoms with E-state index in [1.165, 1.54) is 0 Å². The summed E-state index contributed by atoms with van der Waals surface area (Å²) in [6.07, 6.45) is 0.231. The van der Waals surface area contributed by atoms with Crippen molar-refractivity contribution in [1.29, 1.82) is 5.41 Å².